The van der Waals surface area contributed by atoms with Gasteiger partial charge in [0.25, 0.3) is 0 Å². The minimum Gasteiger partial charge on any atom is -0.309 e. The summed E-state index contributed by atoms with van der Waals surface area (Å²) in [6, 6.07) is 92.9. The topological polar surface area (TPSA) is 8.17 Å². The van der Waals surface area contributed by atoms with E-state index < -0.39 is 0 Å². The molecule has 12 aromatic rings. The zero-order chi connectivity index (χ0) is 42.4. The van der Waals surface area contributed by atoms with E-state index in [0.717, 1.165) is 33.9 Å². The molecule has 1 heterocycles. The van der Waals surface area contributed by atoms with E-state index in [0.29, 0.717) is 0 Å². The van der Waals surface area contributed by atoms with Gasteiger partial charge in [0.2, 0.25) is 0 Å². The van der Waals surface area contributed by atoms with Crippen LogP contribution in [0, 0.1) is 0 Å². The summed E-state index contributed by atoms with van der Waals surface area (Å²) in [7, 11) is 0. The number of rotatable bonds is 8. The van der Waals surface area contributed by atoms with Gasteiger partial charge in [-0.05, 0) is 92.0 Å². The Morgan fingerprint density at radius 1 is 0.266 bits per heavy atom. The van der Waals surface area contributed by atoms with Crippen molar-refractivity contribution in [3.8, 4) is 50.2 Å². The van der Waals surface area contributed by atoms with Crippen LogP contribution in [0.5, 0.6) is 0 Å². The van der Waals surface area contributed by atoms with Crippen molar-refractivity contribution in [1.29, 1.82) is 0 Å². The molecule has 0 bridgehead atoms. The molecule has 0 spiro atoms. The summed E-state index contributed by atoms with van der Waals surface area (Å²) in [6.07, 6.45) is 0. The van der Waals surface area contributed by atoms with Crippen molar-refractivity contribution >= 4 is 60.4 Å². The van der Waals surface area contributed by atoms with Crippen LogP contribution in [-0.4, -0.2) is 4.57 Å². The molecule has 0 atom stereocenters. The lowest BCUT2D eigenvalue weighted by Crippen LogP contribution is -2.12. The van der Waals surface area contributed by atoms with E-state index in [-0.39, 0.29) is 0 Å². The quantitative estimate of drug-likeness (QED) is 0.139. The van der Waals surface area contributed by atoms with Crippen LogP contribution in [0.1, 0.15) is 0 Å². The minimum absolute atomic E-state index is 1.09. The van der Waals surface area contributed by atoms with Crippen molar-refractivity contribution in [2.24, 2.45) is 0 Å². The van der Waals surface area contributed by atoms with Crippen molar-refractivity contribution < 1.29 is 0 Å². The summed E-state index contributed by atoms with van der Waals surface area (Å²) in [5.74, 6) is 0. The summed E-state index contributed by atoms with van der Waals surface area (Å²) in [5.41, 5.74) is 16.1. The molecule has 0 aliphatic heterocycles. The highest BCUT2D eigenvalue weighted by atomic mass is 15.1. The molecule has 12 rings (SSSR count). The van der Waals surface area contributed by atoms with Gasteiger partial charge in [0.1, 0.15) is 0 Å². The number of fused-ring (bicyclic) bond motifs is 6. The van der Waals surface area contributed by atoms with E-state index in [2.05, 4.69) is 264 Å². The number of aromatic nitrogens is 1. The monoisotopic (exact) mass is 814 g/mol. The van der Waals surface area contributed by atoms with Gasteiger partial charge in [0.05, 0.1) is 28.1 Å². The highest BCUT2D eigenvalue weighted by Crippen LogP contribution is 2.48. The molecule has 11 aromatic carbocycles. The molecule has 1 aromatic heterocycles. The lowest BCUT2D eigenvalue weighted by atomic mass is 9.96. The van der Waals surface area contributed by atoms with Crippen LogP contribution in [0.15, 0.2) is 255 Å². The van der Waals surface area contributed by atoms with E-state index in [4.69, 9.17) is 0 Å². The lowest BCUT2D eigenvalue weighted by Gasteiger charge is -2.30. The lowest BCUT2D eigenvalue weighted by molar-refractivity contribution is 1.18. The van der Waals surface area contributed by atoms with Gasteiger partial charge < -0.3 is 9.47 Å². The van der Waals surface area contributed by atoms with Crippen molar-refractivity contribution in [2.45, 2.75) is 0 Å². The molecule has 0 unspecified atom stereocenters. The molecule has 0 saturated carbocycles. The average molecular weight is 815 g/mol. The maximum Gasteiger partial charge on any atom is 0.0547 e. The van der Waals surface area contributed by atoms with E-state index in [1.807, 2.05) is 0 Å². The van der Waals surface area contributed by atoms with Crippen LogP contribution >= 0.6 is 0 Å². The number of para-hydroxylation sites is 2. The highest BCUT2D eigenvalue weighted by molar-refractivity contribution is 6.16. The third kappa shape index (κ3) is 6.44. The summed E-state index contributed by atoms with van der Waals surface area (Å²) >= 11 is 0. The van der Waals surface area contributed by atoms with E-state index in [1.54, 1.807) is 0 Å². The van der Waals surface area contributed by atoms with Gasteiger partial charge in [-0.3, -0.25) is 0 Å². The largest absolute Gasteiger partial charge is 0.309 e. The van der Waals surface area contributed by atoms with Crippen LogP contribution in [0.4, 0.5) is 17.1 Å². The summed E-state index contributed by atoms with van der Waals surface area (Å²) in [6.45, 7) is 0. The molecule has 0 N–H and O–H groups in total. The zero-order valence-corrected chi connectivity index (χ0v) is 35.1. The van der Waals surface area contributed by atoms with Crippen molar-refractivity contribution in [2.75, 3.05) is 4.90 Å². The fourth-order valence-electron chi connectivity index (χ4n) is 9.77. The molecule has 0 aliphatic rings. The molecule has 0 amide bonds. The Labute approximate surface area is 373 Å². The van der Waals surface area contributed by atoms with Crippen LogP contribution in [0.25, 0.3) is 93.5 Å². The Morgan fingerprint density at radius 3 is 1.39 bits per heavy atom. The second kappa shape index (κ2) is 15.8. The third-order valence-corrected chi connectivity index (χ3v) is 12.8. The standard InChI is InChI=1S/C62H42N2/c1-4-19-43(20-5-1)46-26-18-27-50(39-46)63(60-42-49-25-10-11-28-51(49)52-29-12-13-30-53(52)60)58-33-16-14-31-54(58)55-32-15-17-34-59(55)64-61-40-47(44-21-6-2-7-22-44)35-37-56(61)57-38-36-48(41-62(57)64)45-23-8-3-9-24-45/h1-42H. The number of nitrogens with zero attached hydrogens (tertiary/aromatic N) is 2. The van der Waals surface area contributed by atoms with Crippen molar-refractivity contribution in [3.63, 3.8) is 0 Å². The molecule has 64 heavy (non-hydrogen) atoms. The predicted octanol–water partition coefficient (Wildman–Crippen LogP) is 17.2. The maximum absolute atomic E-state index is 2.50. The first-order valence-corrected chi connectivity index (χ1v) is 22.0. The van der Waals surface area contributed by atoms with E-state index in [1.165, 1.54) is 76.7 Å². The average Bonchev–Trinajstić information content (AvgIpc) is 3.70. The molecule has 0 radical (unpaired) electrons. The van der Waals surface area contributed by atoms with Gasteiger partial charge in [0.15, 0.2) is 0 Å². The van der Waals surface area contributed by atoms with Gasteiger partial charge in [-0.2, -0.15) is 0 Å². The summed E-state index contributed by atoms with van der Waals surface area (Å²) in [4.78, 5) is 2.49. The molecule has 2 nitrogen and oxygen atoms in total. The molecular weight excluding hydrogens is 773 g/mol. The second-order valence-electron chi connectivity index (χ2n) is 16.5. The Kier molecular flexibility index (Phi) is 9.20. The van der Waals surface area contributed by atoms with Crippen LogP contribution in [-0.2, 0) is 0 Å². The number of anilines is 3. The van der Waals surface area contributed by atoms with Crippen molar-refractivity contribution in [3.05, 3.63) is 255 Å². The molecule has 2 heteroatoms. The first-order chi connectivity index (χ1) is 31.8. The number of benzene rings is 11. The van der Waals surface area contributed by atoms with E-state index in [9.17, 15) is 0 Å². The van der Waals surface area contributed by atoms with Gasteiger partial charge in [0, 0.05) is 33.0 Å². The normalized spacial score (nSPS) is 11.4. The van der Waals surface area contributed by atoms with Crippen LogP contribution in [0.2, 0.25) is 0 Å². The Morgan fingerprint density at radius 2 is 0.750 bits per heavy atom. The fraction of sp³-hybridized carbons (Fsp3) is 0. The van der Waals surface area contributed by atoms with Crippen LogP contribution < -0.4 is 4.90 Å². The summed E-state index contributed by atoms with van der Waals surface area (Å²) < 4.78 is 2.50. The van der Waals surface area contributed by atoms with Crippen molar-refractivity contribution in [1.82, 2.24) is 4.57 Å². The molecule has 300 valence electrons. The highest BCUT2D eigenvalue weighted by Gasteiger charge is 2.24. The fourth-order valence-corrected chi connectivity index (χ4v) is 9.77. The smallest absolute Gasteiger partial charge is 0.0547 e. The van der Waals surface area contributed by atoms with Gasteiger partial charge >= 0.3 is 0 Å². The van der Waals surface area contributed by atoms with Gasteiger partial charge in [-0.25, -0.2) is 0 Å². The second-order valence-corrected chi connectivity index (χ2v) is 16.5. The van der Waals surface area contributed by atoms with Gasteiger partial charge in [-0.1, -0.05) is 212 Å². The zero-order valence-electron chi connectivity index (χ0n) is 35.1. The molecular formula is C62H42N2. The summed E-state index contributed by atoms with van der Waals surface area (Å²) in [5, 5.41) is 7.31. The predicted molar refractivity (Wildman–Crippen MR) is 272 cm³/mol. The molecule has 0 fully saturated rings. The Balaban J connectivity index is 1.14. The van der Waals surface area contributed by atoms with Crippen LogP contribution in [0.3, 0.4) is 0 Å². The molecule has 0 aliphatic carbocycles. The first kappa shape index (κ1) is 37.3. The maximum atomic E-state index is 2.50. The minimum atomic E-state index is 1.09. The Bertz CT molecular complexity index is 3560. The number of hydrogen-bond acceptors (Lipinski definition) is 1. The Hall–Kier alpha value is -8.46. The SMILES string of the molecule is c1ccc(-c2cccc(N(c3ccccc3-c3ccccc3-n3c4cc(-c5ccccc5)ccc4c4ccc(-c5ccccc5)cc43)c3cc4ccccc4c4ccccc34)c2)cc1. The van der Waals surface area contributed by atoms with Gasteiger partial charge in [-0.15, -0.1) is 0 Å². The first-order valence-electron chi connectivity index (χ1n) is 22.0. The van der Waals surface area contributed by atoms with E-state index >= 15 is 0 Å². The third-order valence-electron chi connectivity index (χ3n) is 12.8. The number of hydrogen-bond donors (Lipinski definition) is 0. The molecule has 0 saturated heterocycles.